The molecule has 1 aromatic heterocycles. The van der Waals surface area contributed by atoms with E-state index < -0.39 is 6.10 Å². The summed E-state index contributed by atoms with van der Waals surface area (Å²) in [5, 5.41) is 22.1. The molecule has 0 bridgehead atoms. The maximum Gasteiger partial charge on any atom is 0.0991 e. The Labute approximate surface area is 125 Å². The summed E-state index contributed by atoms with van der Waals surface area (Å²) >= 11 is 0. The minimum Gasteiger partial charge on any atom is -0.387 e. The number of aliphatic hydroxyl groups excluding tert-OH is 1. The number of nitrogens with one attached hydrogen (secondary N) is 1. The zero-order chi connectivity index (χ0) is 15.1. The average molecular weight is 281 g/mol. The van der Waals surface area contributed by atoms with Crippen LogP contribution in [0.1, 0.15) is 35.4 Å². The van der Waals surface area contributed by atoms with Gasteiger partial charge in [0.2, 0.25) is 0 Å². The molecule has 0 saturated heterocycles. The van der Waals surface area contributed by atoms with Gasteiger partial charge in [-0.15, -0.1) is 0 Å². The lowest BCUT2D eigenvalue weighted by atomic mass is 10.1. The van der Waals surface area contributed by atoms with Crippen LogP contribution in [-0.2, 0) is 13.0 Å². The molecule has 1 unspecified atom stereocenters. The van der Waals surface area contributed by atoms with E-state index in [0.717, 1.165) is 17.7 Å². The SMILES string of the molecule is CCc1cccnc1CNCC(O)c1ccc(C#N)cc1. The Morgan fingerprint density at radius 1 is 1.29 bits per heavy atom. The number of aliphatic hydroxyl groups is 1. The maximum atomic E-state index is 10.1. The summed E-state index contributed by atoms with van der Waals surface area (Å²) < 4.78 is 0. The lowest BCUT2D eigenvalue weighted by molar-refractivity contribution is 0.174. The van der Waals surface area contributed by atoms with E-state index in [9.17, 15) is 5.11 Å². The minimum absolute atomic E-state index is 0.450. The van der Waals surface area contributed by atoms with Gasteiger partial charge in [0.1, 0.15) is 0 Å². The molecule has 0 spiro atoms. The Morgan fingerprint density at radius 2 is 2.05 bits per heavy atom. The normalized spacial score (nSPS) is 11.9. The zero-order valence-electron chi connectivity index (χ0n) is 12.1. The van der Waals surface area contributed by atoms with Crippen LogP contribution in [0.5, 0.6) is 0 Å². The quantitative estimate of drug-likeness (QED) is 0.852. The molecule has 1 aromatic carbocycles. The smallest absolute Gasteiger partial charge is 0.0991 e. The first-order chi connectivity index (χ1) is 10.2. The molecule has 0 aliphatic carbocycles. The molecule has 2 N–H and O–H groups in total. The molecule has 1 heterocycles. The van der Waals surface area contributed by atoms with Crippen LogP contribution in [0.2, 0.25) is 0 Å². The highest BCUT2D eigenvalue weighted by Crippen LogP contribution is 2.13. The van der Waals surface area contributed by atoms with Gasteiger partial charge in [-0.3, -0.25) is 4.98 Å². The van der Waals surface area contributed by atoms with E-state index in [0.29, 0.717) is 18.7 Å². The van der Waals surface area contributed by atoms with Crippen LogP contribution < -0.4 is 5.32 Å². The molecule has 4 nitrogen and oxygen atoms in total. The number of aryl methyl sites for hydroxylation is 1. The number of aromatic nitrogens is 1. The summed E-state index contributed by atoms with van der Waals surface area (Å²) in [5.41, 5.74) is 3.64. The monoisotopic (exact) mass is 281 g/mol. The van der Waals surface area contributed by atoms with E-state index in [1.165, 1.54) is 5.56 Å². The summed E-state index contributed by atoms with van der Waals surface area (Å²) in [5.74, 6) is 0. The van der Waals surface area contributed by atoms with Gasteiger partial charge in [-0.05, 0) is 35.7 Å². The standard InChI is InChI=1S/C17H19N3O/c1-2-14-4-3-9-20-16(14)11-19-12-17(21)15-7-5-13(10-18)6-8-15/h3-9,17,19,21H,2,11-12H2,1H3. The van der Waals surface area contributed by atoms with E-state index in [4.69, 9.17) is 5.26 Å². The number of pyridine rings is 1. The minimum atomic E-state index is -0.591. The van der Waals surface area contributed by atoms with Crippen LogP contribution in [0.4, 0.5) is 0 Å². The summed E-state index contributed by atoms with van der Waals surface area (Å²) in [6.07, 6.45) is 2.14. The van der Waals surface area contributed by atoms with Gasteiger partial charge < -0.3 is 10.4 Å². The summed E-state index contributed by atoms with van der Waals surface area (Å²) in [6, 6.07) is 13.1. The van der Waals surface area contributed by atoms with E-state index >= 15 is 0 Å². The molecule has 0 fully saturated rings. The molecular formula is C17H19N3O. The van der Waals surface area contributed by atoms with Crippen molar-refractivity contribution in [3.05, 3.63) is 65.0 Å². The number of nitrogens with zero attached hydrogens (tertiary/aromatic N) is 2. The highest BCUT2D eigenvalue weighted by molar-refractivity contribution is 5.32. The summed E-state index contributed by atoms with van der Waals surface area (Å²) in [6.45, 7) is 3.19. The highest BCUT2D eigenvalue weighted by Gasteiger charge is 2.08. The van der Waals surface area contributed by atoms with E-state index in [2.05, 4.69) is 29.4 Å². The topological polar surface area (TPSA) is 68.9 Å². The summed E-state index contributed by atoms with van der Waals surface area (Å²) in [4.78, 5) is 4.36. The Morgan fingerprint density at radius 3 is 2.71 bits per heavy atom. The predicted octanol–water partition coefficient (Wildman–Crippen LogP) is 2.34. The van der Waals surface area contributed by atoms with Crippen molar-refractivity contribution in [1.82, 2.24) is 10.3 Å². The Balaban J connectivity index is 1.89. The van der Waals surface area contributed by atoms with Crippen molar-refractivity contribution < 1.29 is 5.11 Å². The largest absolute Gasteiger partial charge is 0.387 e. The van der Waals surface area contributed by atoms with Gasteiger partial charge in [0.05, 0.1) is 23.4 Å². The number of benzene rings is 1. The molecule has 108 valence electrons. The van der Waals surface area contributed by atoms with Crippen molar-refractivity contribution in [3.63, 3.8) is 0 Å². The first-order valence-electron chi connectivity index (χ1n) is 7.06. The molecular weight excluding hydrogens is 262 g/mol. The first kappa shape index (κ1) is 15.2. The summed E-state index contributed by atoms with van der Waals surface area (Å²) in [7, 11) is 0. The molecule has 1 atom stereocenters. The fourth-order valence-electron chi connectivity index (χ4n) is 2.18. The maximum absolute atomic E-state index is 10.1. The molecule has 0 saturated carbocycles. The van der Waals surface area contributed by atoms with E-state index in [1.807, 2.05) is 6.07 Å². The zero-order valence-corrected chi connectivity index (χ0v) is 12.1. The molecule has 0 radical (unpaired) electrons. The first-order valence-corrected chi connectivity index (χ1v) is 7.06. The highest BCUT2D eigenvalue weighted by atomic mass is 16.3. The van der Waals surface area contributed by atoms with Gasteiger partial charge >= 0.3 is 0 Å². The number of hydrogen-bond donors (Lipinski definition) is 2. The van der Waals surface area contributed by atoms with Crippen LogP contribution in [-0.4, -0.2) is 16.6 Å². The molecule has 2 aromatic rings. The second-order valence-corrected chi connectivity index (χ2v) is 4.84. The van der Waals surface area contributed by atoms with Crippen molar-refractivity contribution in [2.24, 2.45) is 0 Å². The van der Waals surface area contributed by atoms with Crippen LogP contribution >= 0.6 is 0 Å². The molecule has 2 rings (SSSR count). The second-order valence-electron chi connectivity index (χ2n) is 4.84. The van der Waals surface area contributed by atoms with Gasteiger partial charge in [-0.1, -0.05) is 25.1 Å². The van der Waals surface area contributed by atoms with Crippen molar-refractivity contribution in [2.75, 3.05) is 6.54 Å². The van der Waals surface area contributed by atoms with Crippen LogP contribution in [0.3, 0.4) is 0 Å². The Bertz CT molecular complexity index is 617. The van der Waals surface area contributed by atoms with E-state index in [-0.39, 0.29) is 0 Å². The third kappa shape index (κ3) is 4.12. The van der Waals surface area contributed by atoms with E-state index in [1.54, 1.807) is 30.5 Å². The van der Waals surface area contributed by atoms with Gasteiger partial charge in [-0.2, -0.15) is 5.26 Å². The second kappa shape index (κ2) is 7.53. The van der Waals surface area contributed by atoms with Gasteiger partial charge in [0.25, 0.3) is 0 Å². The Kier molecular flexibility index (Phi) is 5.44. The van der Waals surface area contributed by atoms with Crippen molar-refractivity contribution in [3.8, 4) is 6.07 Å². The van der Waals surface area contributed by atoms with Crippen LogP contribution in [0.25, 0.3) is 0 Å². The van der Waals surface area contributed by atoms with Crippen molar-refractivity contribution in [2.45, 2.75) is 26.0 Å². The number of nitriles is 1. The number of rotatable bonds is 6. The molecule has 0 amide bonds. The molecule has 21 heavy (non-hydrogen) atoms. The van der Waals surface area contributed by atoms with Gasteiger partial charge in [0, 0.05) is 19.3 Å². The average Bonchev–Trinajstić information content (AvgIpc) is 2.55. The van der Waals surface area contributed by atoms with Crippen molar-refractivity contribution in [1.29, 1.82) is 5.26 Å². The van der Waals surface area contributed by atoms with Crippen LogP contribution in [0.15, 0.2) is 42.6 Å². The molecule has 4 heteroatoms. The van der Waals surface area contributed by atoms with Crippen LogP contribution in [0, 0.1) is 11.3 Å². The van der Waals surface area contributed by atoms with Gasteiger partial charge in [-0.25, -0.2) is 0 Å². The molecule has 0 aliphatic rings. The van der Waals surface area contributed by atoms with Crippen molar-refractivity contribution >= 4 is 0 Å². The number of hydrogen-bond acceptors (Lipinski definition) is 4. The third-order valence-corrected chi connectivity index (χ3v) is 3.42. The van der Waals surface area contributed by atoms with Gasteiger partial charge in [0.15, 0.2) is 0 Å². The predicted molar refractivity (Wildman–Crippen MR) is 81.4 cm³/mol. The third-order valence-electron chi connectivity index (χ3n) is 3.42. The lowest BCUT2D eigenvalue weighted by Crippen LogP contribution is -2.22. The fourth-order valence-corrected chi connectivity index (χ4v) is 2.18. The fraction of sp³-hybridized carbons (Fsp3) is 0.294. The Hall–Kier alpha value is -2.22. The lowest BCUT2D eigenvalue weighted by Gasteiger charge is -2.13. The molecule has 0 aliphatic heterocycles.